The molecule has 1 aliphatic heterocycles. The van der Waals surface area contributed by atoms with Crippen molar-refractivity contribution in [2.75, 3.05) is 0 Å². The molecule has 0 aromatic heterocycles. The van der Waals surface area contributed by atoms with Crippen molar-refractivity contribution in [3.05, 3.63) is 5.56 Å². The first-order valence-corrected chi connectivity index (χ1v) is 9.68. The summed E-state index contributed by atoms with van der Waals surface area (Å²) in [7, 11) is 19.1. The SMILES string of the molecule is Bc1c(B)c(B)c2c(c1B)B(Cl)C1(B)CC(B)(B)C(B)(B)C(=O)C21N. The van der Waals surface area contributed by atoms with Crippen LogP contribution in [-0.4, -0.2) is 82.5 Å². The molecule has 0 bridgehead atoms. The lowest BCUT2D eigenvalue weighted by atomic mass is 9.17. The Morgan fingerprint density at radius 1 is 0.920 bits per heavy atom. The third-order valence-electron chi connectivity index (χ3n) is 8.27. The number of Topliss-reactive ketones (excluding diaryl/α,β-unsaturated/α-hetero) is 1. The van der Waals surface area contributed by atoms with Crippen LogP contribution in [0.3, 0.4) is 0 Å². The van der Waals surface area contributed by atoms with Crippen LogP contribution in [0.4, 0.5) is 0 Å². The molecule has 118 valence electrons. The average molecular weight is 340 g/mol. The van der Waals surface area contributed by atoms with Crippen molar-refractivity contribution in [3.63, 3.8) is 0 Å². The number of ketones is 1. The summed E-state index contributed by atoms with van der Waals surface area (Å²) >= 11 is 7.10. The molecule has 0 saturated heterocycles. The van der Waals surface area contributed by atoms with Gasteiger partial charge in [0.15, 0.2) is 0 Å². The summed E-state index contributed by atoms with van der Waals surface area (Å²) in [5.74, 6) is 0.133. The summed E-state index contributed by atoms with van der Waals surface area (Å²) < 4.78 is 0. The summed E-state index contributed by atoms with van der Waals surface area (Å²) in [5.41, 5.74) is 13.0. The van der Waals surface area contributed by atoms with Crippen molar-refractivity contribution in [3.8, 4) is 0 Å². The van der Waals surface area contributed by atoms with Gasteiger partial charge in [0, 0.05) is 0 Å². The topological polar surface area (TPSA) is 43.1 Å². The van der Waals surface area contributed by atoms with E-state index in [1.54, 1.807) is 0 Å². The summed E-state index contributed by atoms with van der Waals surface area (Å²) in [6.07, 6.45) is 0.583. The molecule has 1 aromatic rings. The number of carbonyl (C=O) groups excluding carboxylic acids is 1. The number of nitrogens with two attached hydrogens (primary N) is 1. The Hall–Kier alpha value is -0.211. The highest BCUT2D eigenvalue weighted by molar-refractivity contribution is 7.20. The van der Waals surface area contributed by atoms with E-state index in [0.717, 1.165) is 22.9 Å². The lowest BCUT2D eigenvalue weighted by molar-refractivity contribution is -0.128. The third-order valence-corrected chi connectivity index (χ3v) is 8.97. The van der Waals surface area contributed by atoms with Gasteiger partial charge in [-0.05, 0) is 16.0 Å². The Morgan fingerprint density at radius 2 is 1.40 bits per heavy atom. The minimum Gasteiger partial charge on any atom is -0.316 e. The van der Waals surface area contributed by atoms with Crippen LogP contribution >= 0.6 is 11.5 Å². The first-order valence-electron chi connectivity index (χ1n) is 9.25. The van der Waals surface area contributed by atoms with Gasteiger partial charge in [0.1, 0.15) is 60.7 Å². The minimum absolute atomic E-state index is 0.133. The van der Waals surface area contributed by atoms with E-state index in [9.17, 15) is 4.79 Å². The van der Waals surface area contributed by atoms with E-state index < -0.39 is 16.0 Å². The zero-order chi connectivity index (χ0) is 19.3. The number of hydrogen-bond acceptors (Lipinski definition) is 2. The largest absolute Gasteiger partial charge is 0.316 e. The molecular formula is C12H22B10ClNO. The van der Waals surface area contributed by atoms with Crippen LogP contribution in [0.1, 0.15) is 12.0 Å². The summed E-state index contributed by atoms with van der Waals surface area (Å²) in [4.78, 5) is 13.9. The van der Waals surface area contributed by atoms with E-state index in [-0.39, 0.29) is 17.1 Å². The van der Waals surface area contributed by atoms with E-state index in [1.165, 1.54) is 16.4 Å². The first-order chi connectivity index (χ1) is 11.2. The molecule has 0 spiro atoms. The van der Waals surface area contributed by atoms with Crippen LogP contribution in [0.15, 0.2) is 0 Å². The Bertz CT molecular complexity index is 829. The van der Waals surface area contributed by atoms with Gasteiger partial charge in [-0.1, -0.05) is 28.0 Å². The van der Waals surface area contributed by atoms with Gasteiger partial charge in [-0.3, -0.25) is 4.79 Å². The zero-order valence-electron chi connectivity index (χ0n) is 17.1. The first kappa shape index (κ1) is 19.5. The molecule has 2 atom stereocenters. The highest BCUT2D eigenvalue weighted by Crippen LogP contribution is 2.67. The molecule has 1 aromatic carbocycles. The molecule has 2 N–H and O–H groups in total. The maximum absolute atomic E-state index is 13.9. The molecule has 2 aliphatic rings. The van der Waals surface area contributed by atoms with Crippen molar-refractivity contribution < 1.29 is 4.79 Å². The quantitative estimate of drug-likeness (QED) is 0.477. The number of carbonyl (C=O) groups is 1. The fraction of sp³-hybridized carbons (Fsp3) is 0.417. The van der Waals surface area contributed by atoms with Gasteiger partial charge in [-0.25, -0.2) is 0 Å². The van der Waals surface area contributed by atoms with Gasteiger partial charge in [0.05, 0.1) is 21.2 Å². The van der Waals surface area contributed by atoms with Crippen LogP contribution in [0, 0.1) is 0 Å². The maximum Gasteiger partial charge on any atom is 0.283 e. The maximum atomic E-state index is 13.9. The van der Waals surface area contributed by atoms with Crippen molar-refractivity contribution in [2.24, 2.45) is 5.73 Å². The Labute approximate surface area is 165 Å². The standard InChI is InChI=1S/C12H22B10ClNO/c13-3-2-7(6(16)5(15)4(3)14)22(23)10(19)1-9(17,18)12(20,21)8(25)11(2,10)24/h1,13-21,24H2. The van der Waals surface area contributed by atoms with Gasteiger partial charge in [0.2, 0.25) is 0 Å². The molecule has 1 saturated carbocycles. The van der Waals surface area contributed by atoms with Gasteiger partial charge in [0.25, 0.3) is 6.13 Å². The highest BCUT2D eigenvalue weighted by atomic mass is 35.5. The van der Waals surface area contributed by atoms with Gasteiger partial charge in [-0.2, -0.15) is 11.5 Å². The second-order valence-corrected chi connectivity index (χ2v) is 10.3. The number of rotatable bonds is 0. The number of hydrogen-bond donors (Lipinski definition) is 1. The molecule has 25 heavy (non-hydrogen) atoms. The Balaban J connectivity index is 2.46. The lowest BCUT2D eigenvalue weighted by Gasteiger charge is -2.59. The van der Waals surface area contributed by atoms with Crippen LogP contribution in [-0.2, 0) is 10.3 Å². The second kappa shape index (κ2) is 5.19. The monoisotopic (exact) mass is 341 g/mol. The van der Waals surface area contributed by atoms with Crippen LogP contribution in [0.5, 0.6) is 0 Å². The molecule has 2 unspecified atom stereocenters. The minimum atomic E-state index is -1.03. The van der Waals surface area contributed by atoms with Gasteiger partial charge < -0.3 is 5.73 Å². The molecule has 0 amide bonds. The molecule has 1 heterocycles. The number of fused-ring (bicyclic) bond motifs is 3. The smallest absolute Gasteiger partial charge is 0.283 e. The Morgan fingerprint density at radius 3 is 1.92 bits per heavy atom. The highest BCUT2D eigenvalue weighted by Gasteiger charge is 2.71. The molecular weight excluding hydrogens is 318 g/mol. The van der Waals surface area contributed by atoms with Crippen molar-refractivity contribution in [1.29, 1.82) is 0 Å². The van der Waals surface area contributed by atoms with Crippen molar-refractivity contribution in [2.45, 2.75) is 27.6 Å². The molecule has 3 rings (SSSR count). The summed E-state index contributed by atoms with van der Waals surface area (Å²) in [6.45, 7) is 0. The zero-order valence-corrected chi connectivity index (χ0v) is 17.9. The average Bonchev–Trinajstić information content (AvgIpc) is 2.68. The molecule has 13 heteroatoms. The number of halogens is 1. The van der Waals surface area contributed by atoms with E-state index >= 15 is 0 Å². The van der Waals surface area contributed by atoms with Crippen LogP contribution in [0.2, 0.25) is 15.6 Å². The molecule has 0 radical (unpaired) electrons. The van der Waals surface area contributed by atoms with Crippen molar-refractivity contribution >= 4 is 121 Å². The van der Waals surface area contributed by atoms with E-state index in [2.05, 4.69) is 54.9 Å². The third kappa shape index (κ3) is 1.97. The van der Waals surface area contributed by atoms with Crippen molar-refractivity contribution in [1.82, 2.24) is 0 Å². The fourth-order valence-electron chi connectivity index (χ4n) is 5.51. The van der Waals surface area contributed by atoms with Crippen LogP contribution in [0.25, 0.3) is 0 Å². The predicted molar refractivity (Wildman–Crippen MR) is 137 cm³/mol. The summed E-state index contributed by atoms with van der Waals surface area (Å²) in [6, 6.07) is 0. The molecule has 1 aliphatic carbocycles. The normalized spacial score (nSPS) is 32.2. The second-order valence-electron chi connectivity index (χ2n) is 9.89. The van der Waals surface area contributed by atoms with Gasteiger partial charge in [-0.15, -0.1) is 10.9 Å². The van der Waals surface area contributed by atoms with E-state index in [1.807, 2.05) is 15.7 Å². The van der Waals surface area contributed by atoms with E-state index in [4.69, 9.17) is 17.2 Å². The summed E-state index contributed by atoms with van der Waals surface area (Å²) in [5, 5.41) is -1.15. The fourth-order valence-corrected chi connectivity index (χ4v) is 6.03. The number of benzene rings is 1. The van der Waals surface area contributed by atoms with E-state index in [0.29, 0.717) is 0 Å². The Kier molecular flexibility index (Phi) is 4.06. The van der Waals surface area contributed by atoms with Gasteiger partial charge >= 0.3 is 0 Å². The lowest BCUT2D eigenvalue weighted by Crippen LogP contribution is -2.67. The predicted octanol–water partition coefficient (Wildman–Crippen LogP) is -10.6. The molecule has 1 fully saturated rings. The molecule has 2 nitrogen and oxygen atoms in total. The van der Waals surface area contributed by atoms with Crippen LogP contribution < -0.4 is 33.0 Å².